The first kappa shape index (κ1) is 17.3. The molecule has 1 amide bonds. The standard InChI is InChI=1S/C22H28N2O3/c1-23-19-6-3-2-5-17(19)11-20(23)21(25)24-10-4-9-22(15-24)12-18(14-27-22)26-13-16-7-8-16/h2-3,5-6,11,16,18H,4,7-10,12-15H2,1H3/t18-,22-/m1/s1. The Hall–Kier alpha value is -1.85. The Morgan fingerprint density at radius 3 is 3.00 bits per heavy atom. The molecule has 3 heterocycles. The second-order valence-electron chi connectivity index (χ2n) is 8.57. The lowest BCUT2D eigenvalue weighted by Gasteiger charge is -2.39. The minimum atomic E-state index is -0.216. The monoisotopic (exact) mass is 368 g/mol. The van der Waals surface area contributed by atoms with Crippen LogP contribution in [0.3, 0.4) is 0 Å². The summed E-state index contributed by atoms with van der Waals surface area (Å²) in [4.78, 5) is 15.2. The lowest BCUT2D eigenvalue weighted by Crippen LogP contribution is -2.50. The van der Waals surface area contributed by atoms with Crippen molar-refractivity contribution in [3.8, 4) is 0 Å². The molecular weight excluding hydrogens is 340 g/mol. The number of para-hydroxylation sites is 1. The average Bonchev–Trinajstić information content (AvgIpc) is 3.36. The van der Waals surface area contributed by atoms with Gasteiger partial charge in [-0.25, -0.2) is 0 Å². The Morgan fingerprint density at radius 1 is 1.33 bits per heavy atom. The van der Waals surface area contributed by atoms with Crippen LogP contribution in [-0.2, 0) is 16.5 Å². The van der Waals surface area contributed by atoms with Crippen LogP contribution in [0, 0.1) is 5.92 Å². The summed E-state index contributed by atoms with van der Waals surface area (Å²) in [6, 6.07) is 10.2. The molecule has 0 radical (unpaired) electrons. The van der Waals surface area contributed by atoms with E-state index in [0.29, 0.717) is 13.2 Å². The van der Waals surface area contributed by atoms with E-state index in [-0.39, 0.29) is 17.6 Å². The summed E-state index contributed by atoms with van der Waals surface area (Å²) >= 11 is 0. The molecule has 5 nitrogen and oxygen atoms in total. The smallest absolute Gasteiger partial charge is 0.270 e. The molecule has 3 fully saturated rings. The van der Waals surface area contributed by atoms with E-state index in [0.717, 1.165) is 54.9 Å². The lowest BCUT2D eigenvalue weighted by molar-refractivity contribution is -0.0466. The van der Waals surface area contributed by atoms with E-state index in [1.807, 2.05) is 34.7 Å². The van der Waals surface area contributed by atoms with Gasteiger partial charge in [0.2, 0.25) is 0 Å². The van der Waals surface area contributed by atoms with Gasteiger partial charge in [0.1, 0.15) is 5.69 Å². The van der Waals surface area contributed by atoms with Crippen LogP contribution < -0.4 is 0 Å². The molecule has 27 heavy (non-hydrogen) atoms. The minimum Gasteiger partial charge on any atom is -0.375 e. The predicted octanol–water partition coefficient (Wildman–Crippen LogP) is 3.37. The van der Waals surface area contributed by atoms with Crippen molar-refractivity contribution >= 4 is 16.8 Å². The Morgan fingerprint density at radius 2 is 2.19 bits per heavy atom. The maximum absolute atomic E-state index is 13.3. The number of benzene rings is 1. The molecule has 0 bridgehead atoms. The molecule has 2 aromatic rings. The van der Waals surface area contributed by atoms with Crippen molar-refractivity contribution in [2.75, 3.05) is 26.3 Å². The summed E-state index contributed by atoms with van der Waals surface area (Å²) in [7, 11) is 1.98. The zero-order chi connectivity index (χ0) is 18.4. The fourth-order valence-electron chi connectivity index (χ4n) is 4.68. The van der Waals surface area contributed by atoms with Crippen LogP contribution in [0.5, 0.6) is 0 Å². The predicted molar refractivity (Wildman–Crippen MR) is 104 cm³/mol. The molecule has 2 aliphatic heterocycles. The van der Waals surface area contributed by atoms with Gasteiger partial charge in [0.25, 0.3) is 5.91 Å². The van der Waals surface area contributed by atoms with Crippen molar-refractivity contribution in [1.29, 1.82) is 0 Å². The molecule has 3 aliphatic rings. The van der Waals surface area contributed by atoms with Gasteiger partial charge in [-0.05, 0) is 43.7 Å². The van der Waals surface area contributed by atoms with Gasteiger partial charge >= 0.3 is 0 Å². The van der Waals surface area contributed by atoms with Gasteiger partial charge in [-0.15, -0.1) is 0 Å². The Kier molecular flexibility index (Phi) is 4.25. The van der Waals surface area contributed by atoms with Gasteiger partial charge < -0.3 is 18.9 Å². The normalized spacial score (nSPS) is 28.3. The van der Waals surface area contributed by atoms with Crippen LogP contribution in [0.1, 0.15) is 42.6 Å². The first-order valence-corrected chi connectivity index (χ1v) is 10.2. The molecule has 144 valence electrons. The van der Waals surface area contributed by atoms with Crippen LogP contribution in [-0.4, -0.2) is 53.4 Å². The molecule has 1 spiro atoms. The third kappa shape index (κ3) is 3.27. The van der Waals surface area contributed by atoms with E-state index in [1.165, 1.54) is 12.8 Å². The fraction of sp³-hybridized carbons (Fsp3) is 0.591. The first-order valence-electron chi connectivity index (χ1n) is 10.2. The fourth-order valence-corrected chi connectivity index (χ4v) is 4.68. The van der Waals surface area contributed by atoms with Crippen molar-refractivity contribution in [3.05, 3.63) is 36.0 Å². The number of hydrogen-bond acceptors (Lipinski definition) is 3. The average molecular weight is 368 g/mol. The zero-order valence-corrected chi connectivity index (χ0v) is 16.0. The van der Waals surface area contributed by atoms with E-state index in [9.17, 15) is 4.79 Å². The van der Waals surface area contributed by atoms with Crippen molar-refractivity contribution < 1.29 is 14.3 Å². The van der Waals surface area contributed by atoms with Gasteiger partial charge in [0.05, 0.1) is 24.9 Å². The first-order chi connectivity index (χ1) is 13.1. The number of carbonyl (C=O) groups is 1. The number of rotatable bonds is 4. The van der Waals surface area contributed by atoms with Crippen LogP contribution in [0.4, 0.5) is 0 Å². The minimum absolute atomic E-state index is 0.110. The Labute approximate surface area is 160 Å². The highest BCUT2D eigenvalue weighted by molar-refractivity contribution is 5.98. The summed E-state index contributed by atoms with van der Waals surface area (Å²) in [5.41, 5.74) is 1.64. The highest BCUT2D eigenvalue weighted by atomic mass is 16.6. The maximum atomic E-state index is 13.3. The molecule has 1 aromatic heterocycles. The topological polar surface area (TPSA) is 43.7 Å². The molecule has 1 aliphatic carbocycles. The number of piperidine rings is 1. The molecule has 2 atom stereocenters. The number of fused-ring (bicyclic) bond motifs is 1. The zero-order valence-electron chi connectivity index (χ0n) is 16.0. The summed E-state index contributed by atoms with van der Waals surface area (Å²) in [5.74, 6) is 0.885. The van der Waals surface area contributed by atoms with E-state index in [1.54, 1.807) is 0 Å². The number of ether oxygens (including phenoxy) is 2. The number of aromatic nitrogens is 1. The van der Waals surface area contributed by atoms with E-state index >= 15 is 0 Å². The number of aryl methyl sites for hydroxylation is 1. The molecule has 1 saturated carbocycles. The van der Waals surface area contributed by atoms with Crippen LogP contribution in [0.15, 0.2) is 30.3 Å². The van der Waals surface area contributed by atoms with Crippen LogP contribution in [0.25, 0.3) is 10.9 Å². The van der Waals surface area contributed by atoms with Gasteiger partial charge in [-0.1, -0.05) is 18.2 Å². The number of likely N-dealkylation sites (tertiary alicyclic amines) is 1. The van der Waals surface area contributed by atoms with E-state index in [4.69, 9.17) is 9.47 Å². The molecule has 2 saturated heterocycles. The Balaban J connectivity index is 1.30. The van der Waals surface area contributed by atoms with Crippen molar-refractivity contribution in [2.45, 2.75) is 43.8 Å². The Bertz CT molecular complexity index is 856. The SMILES string of the molecule is Cn1c(C(=O)N2CCC[C@@]3(C[C@@H](OCC4CC4)CO3)C2)cc2ccccc21. The van der Waals surface area contributed by atoms with E-state index < -0.39 is 0 Å². The summed E-state index contributed by atoms with van der Waals surface area (Å²) in [6.07, 6.45) is 5.75. The third-order valence-electron chi connectivity index (χ3n) is 6.44. The quantitative estimate of drug-likeness (QED) is 0.831. The highest BCUT2D eigenvalue weighted by Crippen LogP contribution is 2.37. The summed E-state index contributed by atoms with van der Waals surface area (Å²) in [6.45, 7) is 3.03. The molecule has 5 heteroatoms. The second kappa shape index (κ2) is 6.64. The van der Waals surface area contributed by atoms with Crippen LogP contribution in [0.2, 0.25) is 0 Å². The van der Waals surface area contributed by atoms with Gasteiger partial charge in [-0.2, -0.15) is 0 Å². The van der Waals surface area contributed by atoms with E-state index in [2.05, 4.69) is 12.1 Å². The van der Waals surface area contributed by atoms with Crippen molar-refractivity contribution in [1.82, 2.24) is 9.47 Å². The number of amides is 1. The molecule has 5 rings (SSSR count). The van der Waals surface area contributed by atoms with Gasteiger partial charge in [-0.3, -0.25) is 4.79 Å². The lowest BCUT2D eigenvalue weighted by atomic mass is 9.89. The third-order valence-corrected chi connectivity index (χ3v) is 6.44. The number of carbonyl (C=O) groups excluding carboxylic acids is 1. The molecule has 0 unspecified atom stereocenters. The van der Waals surface area contributed by atoms with Crippen molar-refractivity contribution in [2.24, 2.45) is 13.0 Å². The molecule has 1 aromatic carbocycles. The summed E-state index contributed by atoms with van der Waals surface area (Å²) in [5, 5.41) is 1.11. The number of nitrogens with zero attached hydrogens (tertiary/aromatic N) is 2. The highest BCUT2D eigenvalue weighted by Gasteiger charge is 2.45. The maximum Gasteiger partial charge on any atom is 0.270 e. The number of hydrogen-bond donors (Lipinski definition) is 0. The van der Waals surface area contributed by atoms with Crippen molar-refractivity contribution in [3.63, 3.8) is 0 Å². The largest absolute Gasteiger partial charge is 0.375 e. The van der Waals surface area contributed by atoms with Gasteiger partial charge in [0.15, 0.2) is 0 Å². The van der Waals surface area contributed by atoms with Crippen LogP contribution >= 0.6 is 0 Å². The van der Waals surface area contributed by atoms with Gasteiger partial charge in [0, 0.05) is 37.5 Å². The summed E-state index contributed by atoms with van der Waals surface area (Å²) < 4.78 is 14.3. The second-order valence-corrected chi connectivity index (χ2v) is 8.57. The molecule has 0 N–H and O–H groups in total. The molecular formula is C22H28N2O3.